The molecule has 1 saturated carbocycles. The first-order valence-electron chi connectivity index (χ1n) is 15.0. The van der Waals surface area contributed by atoms with Crippen LogP contribution >= 0.6 is 11.6 Å². The van der Waals surface area contributed by atoms with Crippen LogP contribution in [0.15, 0.2) is 78.9 Å². The second-order valence-electron chi connectivity index (χ2n) is 11.7. The standard InChI is InChI=1S/C36H33ClFN3O4/c1-40(2)35(42)26-17-22(16-25(18-26)23-8-11-27(37)12-9-23)21-45-29-13-14-30(31(38)20-29)34-39-32-19-24(36(43)44)10-15-33(32)41(34)28-6-4-3-5-7-28/h8-20,28H,3-7,21H2,1-2H3,(H,43,44). The third-order valence-corrected chi connectivity index (χ3v) is 8.54. The van der Waals surface area contributed by atoms with Gasteiger partial charge in [0.25, 0.3) is 5.91 Å². The summed E-state index contributed by atoms with van der Waals surface area (Å²) < 4.78 is 23.9. The van der Waals surface area contributed by atoms with Gasteiger partial charge in [0.15, 0.2) is 0 Å². The first-order chi connectivity index (χ1) is 21.7. The van der Waals surface area contributed by atoms with Crippen LogP contribution in [-0.4, -0.2) is 45.5 Å². The molecule has 230 valence electrons. The van der Waals surface area contributed by atoms with E-state index in [1.54, 1.807) is 62.6 Å². The first-order valence-corrected chi connectivity index (χ1v) is 15.4. The van der Waals surface area contributed by atoms with Crippen molar-refractivity contribution in [3.05, 3.63) is 106 Å². The molecule has 1 aliphatic carbocycles. The number of carboxylic acids is 1. The van der Waals surface area contributed by atoms with Crippen LogP contribution in [0.1, 0.15) is 64.4 Å². The normalized spacial score (nSPS) is 13.6. The number of rotatable bonds is 8. The fourth-order valence-corrected chi connectivity index (χ4v) is 6.16. The van der Waals surface area contributed by atoms with E-state index in [-0.39, 0.29) is 24.1 Å². The van der Waals surface area contributed by atoms with E-state index in [1.165, 1.54) is 11.0 Å². The number of carboxylic acid groups (broad SMARTS) is 1. The van der Waals surface area contributed by atoms with Crippen LogP contribution in [0, 0.1) is 5.82 Å². The van der Waals surface area contributed by atoms with Crippen LogP contribution < -0.4 is 4.74 Å². The van der Waals surface area contributed by atoms with E-state index in [1.807, 2.05) is 24.3 Å². The number of carbonyl (C=O) groups excluding carboxylic acids is 1. The van der Waals surface area contributed by atoms with Crippen molar-refractivity contribution in [3.63, 3.8) is 0 Å². The maximum Gasteiger partial charge on any atom is 0.335 e. The zero-order valence-corrected chi connectivity index (χ0v) is 25.9. The molecule has 0 unspecified atom stereocenters. The van der Waals surface area contributed by atoms with Crippen molar-refractivity contribution in [1.29, 1.82) is 0 Å². The highest BCUT2D eigenvalue weighted by molar-refractivity contribution is 6.30. The Labute approximate surface area is 265 Å². The van der Waals surface area contributed by atoms with E-state index >= 15 is 4.39 Å². The van der Waals surface area contributed by atoms with E-state index in [0.717, 1.165) is 54.3 Å². The van der Waals surface area contributed by atoms with E-state index in [2.05, 4.69) is 4.57 Å². The number of imidazole rings is 1. The Morgan fingerprint density at radius 1 is 0.933 bits per heavy atom. The van der Waals surface area contributed by atoms with Crippen molar-refractivity contribution in [2.45, 2.75) is 44.8 Å². The minimum absolute atomic E-state index is 0.118. The van der Waals surface area contributed by atoms with Crippen molar-refractivity contribution in [3.8, 4) is 28.3 Å². The third-order valence-electron chi connectivity index (χ3n) is 8.29. The highest BCUT2D eigenvalue weighted by Crippen LogP contribution is 2.37. The lowest BCUT2D eigenvalue weighted by molar-refractivity contribution is 0.0696. The lowest BCUT2D eigenvalue weighted by atomic mass is 9.94. The minimum atomic E-state index is -1.03. The summed E-state index contributed by atoms with van der Waals surface area (Å²) in [5, 5.41) is 10.1. The van der Waals surface area contributed by atoms with Crippen LogP contribution in [0.3, 0.4) is 0 Å². The molecular weight excluding hydrogens is 593 g/mol. The topological polar surface area (TPSA) is 84.7 Å². The van der Waals surface area contributed by atoms with Gasteiger partial charge in [-0.2, -0.15) is 0 Å². The molecule has 0 atom stereocenters. The van der Waals surface area contributed by atoms with Gasteiger partial charge in [-0.25, -0.2) is 14.2 Å². The molecule has 4 aromatic carbocycles. The molecular formula is C36H33ClFN3O4. The van der Waals surface area contributed by atoms with Gasteiger partial charge in [0.1, 0.15) is 24.0 Å². The van der Waals surface area contributed by atoms with Crippen LogP contribution in [-0.2, 0) is 6.61 Å². The average Bonchev–Trinajstić information content (AvgIpc) is 3.42. The van der Waals surface area contributed by atoms with Gasteiger partial charge >= 0.3 is 5.97 Å². The summed E-state index contributed by atoms with van der Waals surface area (Å²) in [5.41, 5.74) is 4.80. The molecule has 0 bridgehead atoms. The number of halogens is 2. The summed E-state index contributed by atoms with van der Waals surface area (Å²) >= 11 is 6.08. The quantitative estimate of drug-likeness (QED) is 0.187. The Morgan fingerprint density at radius 3 is 2.38 bits per heavy atom. The molecule has 1 heterocycles. The maximum absolute atomic E-state index is 15.8. The predicted octanol–water partition coefficient (Wildman–Crippen LogP) is 8.65. The lowest BCUT2D eigenvalue weighted by Crippen LogP contribution is -2.22. The monoisotopic (exact) mass is 625 g/mol. The second kappa shape index (κ2) is 12.7. The van der Waals surface area contributed by atoms with Gasteiger partial charge in [0.2, 0.25) is 0 Å². The second-order valence-corrected chi connectivity index (χ2v) is 12.1. The van der Waals surface area contributed by atoms with Gasteiger partial charge in [0.05, 0.1) is 22.2 Å². The number of aromatic nitrogens is 2. The van der Waals surface area contributed by atoms with Crippen LogP contribution in [0.25, 0.3) is 33.5 Å². The summed E-state index contributed by atoms with van der Waals surface area (Å²) in [6.45, 7) is 0.118. The highest BCUT2D eigenvalue weighted by Gasteiger charge is 2.25. The number of ether oxygens (including phenoxy) is 1. The van der Waals surface area contributed by atoms with Crippen LogP contribution in [0.5, 0.6) is 5.75 Å². The van der Waals surface area contributed by atoms with E-state index < -0.39 is 11.8 Å². The van der Waals surface area contributed by atoms with Gasteiger partial charge < -0.3 is 19.3 Å². The van der Waals surface area contributed by atoms with Crippen molar-refractivity contribution < 1.29 is 23.8 Å². The van der Waals surface area contributed by atoms with Crippen molar-refractivity contribution in [2.24, 2.45) is 0 Å². The number of hydrogen-bond acceptors (Lipinski definition) is 4. The zero-order valence-electron chi connectivity index (χ0n) is 25.1. The molecule has 45 heavy (non-hydrogen) atoms. The summed E-state index contributed by atoms with van der Waals surface area (Å²) in [6.07, 6.45) is 5.22. The summed E-state index contributed by atoms with van der Waals surface area (Å²) in [5.74, 6) is -0.848. The summed E-state index contributed by atoms with van der Waals surface area (Å²) in [7, 11) is 3.40. The largest absolute Gasteiger partial charge is 0.489 e. The molecule has 1 N–H and O–H groups in total. The van der Waals surface area contributed by atoms with Crippen LogP contribution in [0.4, 0.5) is 4.39 Å². The fourth-order valence-electron chi connectivity index (χ4n) is 6.03. The van der Waals surface area contributed by atoms with Crippen molar-refractivity contribution >= 4 is 34.5 Å². The zero-order chi connectivity index (χ0) is 31.7. The molecule has 5 aromatic rings. The molecule has 0 spiro atoms. The van der Waals surface area contributed by atoms with Gasteiger partial charge in [0, 0.05) is 36.8 Å². The molecule has 1 aliphatic rings. The van der Waals surface area contributed by atoms with Gasteiger partial charge in [-0.1, -0.05) is 43.0 Å². The molecule has 9 heteroatoms. The predicted molar refractivity (Wildman–Crippen MR) is 173 cm³/mol. The Morgan fingerprint density at radius 2 is 1.69 bits per heavy atom. The van der Waals surface area contributed by atoms with Crippen molar-refractivity contribution in [1.82, 2.24) is 14.5 Å². The molecule has 0 saturated heterocycles. The number of hydrogen-bond donors (Lipinski definition) is 1. The highest BCUT2D eigenvalue weighted by atomic mass is 35.5. The summed E-state index contributed by atoms with van der Waals surface area (Å²) in [4.78, 5) is 30.7. The summed E-state index contributed by atoms with van der Waals surface area (Å²) in [6, 6.07) is 22.7. The number of nitrogens with zero attached hydrogens (tertiary/aromatic N) is 3. The fraction of sp³-hybridized carbons (Fsp3) is 0.250. The Bertz CT molecular complexity index is 1900. The van der Waals surface area contributed by atoms with E-state index in [0.29, 0.717) is 33.2 Å². The van der Waals surface area contributed by atoms with E-state index in [9.17, 15) is 14.7 Å². The molecule has 1 aromatic heterocycles. The average molecular weight is 626 g/mol. The Hall–Kier alpha value is -4.69. The SMILES string of the molecule is CN(C)C(=O)c1cc(COc2ccc(-c3nc4cc(C(=O)O)ccc4n3C3CCCCC3)c(F)c2)cc(-c2ccc(Cl)cc2)c1. The Balaban J connectivity index is 1.31. The van der Waals surface area contributed by atoms with Gasteiger partial charge in [-0.15, -0.1) is 0 Å². The number of carbonyl (C=O) groups is 2. The van der Waals surface area contributed by atoms with Crippen LogP contribution in [0.2, 0.25) is 5.02 Å². The lowest BCUT2D eigenvalue weighted by Gasteiger charge is -2.25. The van der Waals surface area contributed by atoms with E-state index in [4.69, 9.17) is 21.3 Å². The van der Waals surface area contributed by atoms with Gasteiger partial charge in [-0.05, 0) is 90.2 Å². The number of benzene rings is 4. The number of aromatic carboxylic acids is 1. The molecule has 7 nitrogen and oxygen atoms in total. The van der Waals surface area contributed by atoms with Crippen molar-refractivity contribution in [2.75, 3.05) is 14.1 Å². The molecule has 1 fully saturated rings. The number of fused-ring (bicyclic) bond motifs is 1. The molecule has 0 aliphatic heterocycles. The Kier molecular flexibility index (Phi) is 8.59. The third kappa shape index (κ3) is 6.42. The number of amides is 1. The van der Waals surface area contributed by atoms with Gasteiger partial charge in [-0.3, -0.25) is 4.79 Å². The first kappa shape index (κ1) is 30.3. The molecule has 6 rings (SSSR count). The minimum Gasteiger partial charge on any atom is -0.489 e. The molecule has 0 radical (unpaired) electrons. The smallest absolute Gasteiger partial charge is 0.335 e. The molecule has 1 amide bonds. The maximum atomic E-state index is 15.8.